The van der Waals surface area contributed by atoms with E-state index in [2.05, 4.69) is 82.0 Å². The Bertz CT molecular complexity index is 1330. The van der Waals surface area contributed by atoms with Crippen LogP contribution in [0.1, 0.15) is 24.0 Å². The van der Waals surface area contributed by atoms with Crippen molar-refractivity contribution in [2.75, 3.05) is 32.5 Å². The molecule has 1 amide bonds. The average Bonchev–Trinajstić information content (AvgIpc) is 3.73. The monoisotopic (exact) mass is 479 g/mol. The van der Waals surface area contributed by atoms with E-state index in [4.69, 9.17) is 0 Å². The highest BCUT2D eigenvalue weighted by Gasteiger charge is 2.32. The van der Waals surface area contributed by atoms with Gasteiger partial charge >= 0.3 is 0 Å². The van der Waals surface area contributed by atoms with Gasteiger partial charge in [0.05, 0.1) is 12.1 Å². The van der Waals surface area contributed by atoms with E-state index in [1.807, 2.05) is 30.0 Å². The van der Waals surface area contributed by atoms with Crippen molar-refractivity contribution in [2.45, 2.75) is 31.8 Å². The molecule has 1 aliphatic rings. The van der Waals surface area contributed by atoms with Crippen molar-refractivity contribution >= 4 is 22.6 Å². The predicted molar refractivity (Wildman–Crippen MR) is 146 cm³/mol. The summed E-state index contributed by atoms with van der Waals surface area (Å²) in [5, 5.41) is 4.51. The lowest BCUT2D eigenvalue weighted by Crippen LogP contribution is -2.38. The zero-order valence-corrected chi connectivity index (χ0v) is 21.0. The molecule has 0 saturated heterocycles. The fourth-order valence-corrected chi connectivity index (χ4v) is 4.56. The van der Waals surface area contributed by atoms with Gasteiger partial charge in [-0.15, -0.1) is 0 Å². The fraction of sp³-hybridized carbons (Fsp3) is 0.300. The summed E-state index contributed by atoms with van der Waals surface area (Å²) in [6.45, 7) is 1.89. The third-order valence-electron chi connectivity index (χ3n) is 6.56. The van der Waals surface area contributed by atoms with E-state index >= 15 is 0 Å². The van der Waals surface area contributed by atoms with Crippen LogP contribution < -0.4 is 5.32 Å². The molecule has 1 N–H and O–H groups in total. The molecule has 0 bridgehead atoms. The first kappa shape index (κ1) is 23.9. The highest BCUT2D eigenvalue weighted by atomic mass is 16.2. The van der Waals surface area contributed by atoms with E-state index in [0.29, 0.717) is 19.1 Å². The van der Waals surface area contributed by atoms with Crippen molar-refractivity contribution in [1.82, 2.24) is 19.8 Å². The zero-order chi connectivity index (χ0) is 24.9. The molecule has 1 fully saturated rings. The first-order valence-corrected chi connectivity index (χ1v) is 12.6. The molecule has 0 radical (unpaired) electrons. The van der Waals surface area contributed by atoms with E-state index < -0.39 is 0 Å². The van der Waals surface area contributed by atoms with Gasteiger partial charge < -0.3 is 15.1 Å². The molecule has 1 aromatic heterocycles. The second-order valence-electron chi connectivity index (χ2n) is 9.81. The van der Waals surface area contributed by atoms with Gasteiger partial charge in [0.2, 0.25) is 5.91 Å². The molecule has 3 aromatic carbocycles. The molecule has 36 heavy (non-hydrogen) atoms. The molecule has 4 aromatic rings. The Balaban J connectivity index is 1.35. The van der Waals surface area contributed by atoms with E-state index in [1.54, 1.807) is 6.33 Å². The van der Waals surface area contributed by atoms with Crippen molar-refractivity contribution in [2.24, 2.45) is 0 Å². The van der Waals surface area contributed by atoms with Gasteiger partial charge in [-0.25, -0.2) is 9.97 Å². The minimum absolute atomic E-state index is 0.196. The topological polar surface area (TPSA) is 61.4 Å². The van der Waals surface area contributed by atoms with Crippen LogP contribution in [0.4, 0.5) is 5.82 Å². The number of benzene rings is 3. The number of aromatic nitrogens is 2. The first-order valence-electron chi connectivity index (χ1n) is 12.6. The highest BCUT2D eigenvalue weighted by molar-refractivity contribution is 5.92. The Morgan fingerprint density at radius 3 is 2.47 bits per heavy atom. The summed E-state index contributed by atoms with van der Waals surface area (Å²) in [7, 11) is 3.88. The zero-order valence-electron chi connectivity index (χ0n) is 21.0. The fourth-order valence-electron chi connectivity index (χ4n) is 4.56. The number of anilines is 1. The molecule has 5 rings (SSSR count). The number of carbonyl (C=O) groups excluding carboxylic acids is 1. The number of nitrogens with one attached hydrogen (secondary N) is 1. The third kappa shape index (κ3) is 5.89. The van der Waals surface area contributed by atoms with Crippen molar-refractivity contribution in [1.29, 1.82) is 0 Å². The lowest BCUT2D eigenvalue weighted by atomic mass is 10.0. The van der Waals surface area contributed by atoms with Gasteiger partial charge in [0, 0.05) is 24.5 Å². The van der Waals surface area contributed by atoms with E-state index in [1.165, 1.54) is 5.56 Å². The number of hydrogen-bond acceptors (Lipinski definition) is 5. The quantitative estimate of drug-likeness (QED) is 0.347. The molecule has 6 heteroatoms. The molecule has 1 heterocycles. The van der Waals surface area contributed by atoms with Crippen LogP contribution in [0.2, 0.25) is 0 Å². The number of fused-ring (bicyclic) bond motifs is 1. The summed E-state index contributed by atoms with van der Waals surface area (Å²) in [5.74, 6) is 1.05. The molecule has 1 saturated carbocycles. The first-order chi connectivity index (χ1) is 17.6. The molecule has 6 nitrogen and oxygen atoms in total. The molecule has 0 spiro atoms. The Labute approximate surface area is 213 Å². The minimum atomic E-state index is 0.196. The van der Waals surface area contributed by atoms with Crippen LogP contribution in [0.25, 0.3) is 22.0 Å². The maximum Gasteiger partial charge on any atom is 0.237 e. The second kappa shape index (κ2) is 10.9. The van der Waals surface area contributed by atoms with Crippen LogP contribution in [0.5, 0.6) is 0 Å². The van der Waals surface area contributed by atoms with Gasteiger partial charge in [-0.3, -0.25) is 4.79 Å². The Hall–Kier alpha value is -3.77. The molecule has 0 atom stereocenters. The van der Waals surface area contributed by atoms with Crippen LogP contribution in [0.15, 0.2) is 79.1 Å². The Kier molecular flexibility index (Phi) is 7.23. The van der Waals surface area contributed by atoms with Crippen molar-refractivity contribution in [3.05, 3.63) is 90.3 Å². The molecular formula is C30H33N5O. The number of nitrogens with zero attached hydrogens (tertiary/aromatic N) is 4. The van der Waals surface area contributed by atoms with Gasteiger partial charge in [0.25, 0.3) is 0 Å². The summed E-state index contributed by atoms with van der Waals surface area (Å²) in [6, 6.07) is 25.7. The molecule has 0 unspecified atom stereocenters. The summed E-state index contributed by atoms with van der Waals surface area (Å²) in [6.07, 6.45) is 4.75. The standard InChI is InChI=1S/C30H33N5O/c1-34(2)20-29(36)35(26-12-13-26)19-23-9-6-10-24(17-23)25-11-14-28-27(18-25)30(33-21-32-28)31-16-15-22-7-4-3-5-8-22/h3-11,14,17-18,21,26H,12-13,15-16,19-20H2,1-2H3,(H,31,32,33). The van der Waals surface area contributed by atoms with Gasteiger partial charge in [-0.1, -0.05) is 54.6 Å². The van der Waals surface area contributed by atoms with Gasteiger partial charge in [0.1, 0.15) is 12.1 Å². The molecular weight excluding hydrogens is 446 g/mol. The molecule has 0 aliphatic heterocycles. The van der Waals surface area contributed by atoms with Gasteiger partial charge in [-0.05, 0) is 73.8 Å². The lowest BCUT2D eigenvalue weighted by Gasteiger charge is -2.24. The summed E-state index contributed by atoms with van der Waals surface area (Å²) in [5.41, 5.74) is 5.61. The predicted octanol–water partition coefficient (Wildman–Crippen LogP) is 5.00. The Morgan fingerprint density at radius 1 is 0.917 bits per heavy atom. The SMILES string of the molecule is CN(C)CC(=O)N(Cc1cccc(-c2ccc3ncnc(NCCc4ccccc4)c3c2)c1)C1CC1. The van der Waals surface area contributed by atoms with Crippen molar-refractivity contribution in [3.63, 3.8) is 0 Å². The number of hydrogen-bond donors (Lipinski definition) is 1. The maximum absolute atomic E-state index is 12.8. The molecule has 184 valence electrons. The van der Waals surface area contributed by atoms with Crippen LogP contribution in [-0.4, -0.2) is 58.9 Å². The van der Waals surface area contributed by atoms with Crippen LogP contribution >= 0.6 is 0 Å². The number of amides is 1. The maximum atomic E-state index is 12.8. The van der Waals surface area contributed by atoms with Crippen molar-refractivity contribution < 1.29 is 4.79 Å². The van der Waals surface area contributed by atoms with Crippen LogP contribution in [0, 0.1) is 0 Å². The lowest BCUT2D eigenvalue weighted by molar-refractivity contribution is -0.133. The van der Waals surface area contributed by atoms with E-state index in [-0.39, 0.29) is 5.91 Å². The largest absolute Gasteiger partial charge is 0.369 e. The second-order valence-corrected chi connectivity index (χ2v) is 9.81. The van der Waals surface area contributed by atoms with E-state index in [0.717, 1.165) is 59.2 Å². The van der Waals surface area contributed by atoms with Gasteiger partial charge in [0.15, 0.2) is 0 Å². The number of carbonyl (C=O) groups is 1. The summed E-state index contributed by atoms with van der Waals surface area (Å²) < 4.78 is 0. The third-order valence-corrected chi connectivity index (χ3v) is 6.56. The molecule has 1 aliphatic carbocycles. The summed E-state index contributed by atoms with van der Waals surface area (Å²) in [4.78, 5) is 25.8. The summed E-state index contributed by atoms with van der Waals surface area (Å²) >= 11 is 0. The van der Waals surface area contributed by atoms with Crippen LogP contribution in [-0.2, 0) is 17.8 Å². The van der Waals surface area contributed by atoms with Crippen molar-refractivity contribution in [3.8, 4) is 11.1 Å². The highest BCUT2D eigenvalue weighted by Crippen LogP contribution is 2.31. The average molecular weight is 480 g/mol. The number of likely N-dealkylation sites (N-methyl/N-ethyl adjacent to an activating group) is 1. The number of rotatable bonds is 10. The Morgan fingerprint density at radius 2 is 1.69 bits per heavy atom. The normalized spacial score (nSPS) is 13.2. The van der Waals surface area contributed by atoms with Gasteiger partial charge in [-0.2, -0.15) is 0 Å². The van der Waals surface area contributed by atoms with E-state index in [9.17, 15) is 4.79 Å². The van der Waals surface area contributed by atoms with Crippen LogP contribution in [0.3, 0.4) is 0 Å². The minimum Gasteiger partial charge on any atom is -0.369 e. The smallest absolute Gasteiger partial charge is 0.237 e.